The Morgan fingerprint density at radius 1 is 1.04 bits per heavy atom. The van der Waals surface area contributed by atoms with E-state index in [4.69, 9.17) is 14.3 Å². The van der Waals surface area contributed by atoms with Gasteiger partial charge in [0.1, 0.15) is 17.5 Å². The van der Waals surface area contributed by atoms with E-state index in [2.05, 4.69) is 20.2 Å². The van der Waals surface area contributed by atoms with E-state index < -0.39 is 35.6 Å². The molecule has 3 aromatic rings. The van der Waals surface area contributed by atoms with Gasteiger partial charge in [0.05, 0.1) is 25.6 Å². The number of ether oxygens (including phenoxy) is 3. The molecule has 5 rings (SSSR count). The molecule has 0 bridgehead atoms. The number of amides is 1. The number of aromatic nitrogens is 1. The molecule has 1 spiro atoms. The van der Waals surface area contributed by atoms with E-state index in [-0.39, 0.29) is 5.41 Å². The summed E-state index contributed by atoms with van der Waals surface area (Å²) in [6.45, 7) is 4.65. The molecule has 46 heavy (non-hydrogen) atoms. The zero-order valence-corrected chi connectivity index (χ0v) is 25.8. The normalized spacial score (nSPS) is 16.0. The monoisotopic (exact) mass is 642 g/mol. The second-order valence-corrected chi connectivity index (χ2v) is 11.7. The van der Waals surface area contributed by atoms with Crippen LogP contribution in [0.3, 0.4) is 0 Å². The number of carbonyl (C=O) groups excluding carboxylic acids is 1. The minimum atomic E-state index is -4.89. The Balaban J connectivity index is 1.52. The molecule has 1 aliphatic carbocycles. The molecule has 244 valence electrons. The van der Waals surface area contributed by atoms with Crippen LogP contribution in [0, 0.1) is 0 Å². The average Bonchev–Trinajstić information content (AvgIpc) is 3.73. The van der Waals surface area contributed by atoms with Crippen molar-refractivity contribution in [2.24, 2.45) is 5.16 Å². The number of hydrogen-bond acceptors (Lipinski definition) is 9. The number of benzene rings is 2. The van der Waals surface area contributed by atoms with Gasteiger partial charge in [-0.05, 0) is 63.4 Å². The molecule has 1 saturated carbocycles. The molecule has 1 amide bonds. The molecule has 1 aliphatic heterocycles. The highest BCUT2D eigenvalue weighted by Gasteiger charge is 2.54. The van der Waals surface area contributed by atoms with Crippen molar-refractivity contribution in [1.82, 2.24) is 4.98 Å². The first-order valence-electron chi connectivity index (χ1n) is 14.3. The minimum Gasteiger partial charge on any atom is -0.497 e. The number of hydrogen-bond donors (Lipinski definition) is 2. The van der Waals surface area contributed by atoms with Gasteiger partial charge in [0.15, 0.2) is 0 Å². The summed E-state index contributed by atoms with van der Waals surface area (Å²) in [5, 5.41) is 16.6. The Labute approximate surface area is 262 Å². The molecule has 14 heteroatoms. The van der Waals surface area contributed by atoms with Gasteiger partial charge in [-0.15, -0.1) is 13.2 Å². The Bertz CT molecular complexity index is 1670. The van der Waals surface area contributed by atoms with Crippen LogP contribution < -0.4 is 24.4 Å². The Morgan fingerprint density at radius 3 is 2.37 bits per heavy atom. The number of fused-ring (bicyclic) bond motifs is 2. The van der Waals surface area contributed by atoms with Gasteiger partial charge in [-0.2, -0.15) is 0 Å². The lowest BCUT2D eigenvalue weighted by Gasteiger charge is -2.27. The summed E-state index contributed by atoms with van der Waals surface area (Å²) in [5.41, 5.74) is 0.997. The second kappa shape index (κ2) is 12.1. The largest absolute Gasteiger partial charge is 0.573 e. The Kier molecular flexibility index (Phi) is 8.49. The van der Waals surface area contributed by atoms with Crippen molar-refractivity contribution in [1.29, 1.82) is 0 Å². The van der Waals surface area contributed by atoms with Crippen molar-refractivity contribution in [2.45, 2.75) is 57.0 Å². The van der Waals surface area contributed by atoms with E-state index in [0.29, 0.717) is 46.4 Å². The molecular weight excluding hydrogens is 609 g/mol. The molecular formula is C32H33F3N4O7. The maximum absolute atomic E-state index is 14.4. The first-order chi connectivity index (χ1) is 21.6. The molecule has 0 radical (unpaired) electrons. The number of rotatable bonds is 11. The first kappa shape index (κ1) is 32.4. The quantitative estimate of drug-likeness (QED) is 0.196. The lowest BCUT2D eigenvalue weighted by atomic mass is 9.99. The van der Waals surface area contributed by atoms with Gasteiger partial charge < -0.3 is 34.4 Å². The second-order valence-electron chi connectivity index (χ2n) is 11.7. The molecule has 2 heterocycles. The summed E-state index contributed by atoms with van der Waals surface area (Å²) in [6.07, 6.45) is -1.82. The maximum Gasteiger partial charge on any atom is 0.573 e. The summed E-state index contributed by atoms with van der Waals surface area (Å²) < 4.78 is 54.1. The van der Waals surface area contributed by atoms with Crippen molar-refractivity contribution >= 4 is 29.0 Å². The number of methoxy groups -OCH3 is 2. The third-order valence-electron chi connectivity index (χ3n) is 7.99. The number of pyridine rings is 1. The zero-order chi connectivity index (χ0) is 33.4. The summed E-state index contributed by atoms with van der Waals surface area (Å²) in [7, 11) is 2.93. The van der Waals surface area contributed by atoms with E-state index in [1.54, 1.807) is 43.3 Å². The molecule has 2 N–H and O–H groups in total. The van der Waals surface area contributed by atoms with Crippen molar-refractivity contribution < 1.29 is 46.9 Å². The van der Waals surface area contributed by atoms with Gasteiger partial charge in [-0.1, -0.05) is 11.2 Å². The predicted octanol–water partition coefficient (Wildman–Crippen LogP) is 5.83. The number of carbonyl (C=O) groups is 2. The molecule has 1 unspecified atom stereocenters. The zero-order valence-electron chi connectivity index (χ0n) is 25.8. The maximum atomic E-state index is 14.4. The van der Waals surface area contributed by atoms with Crippen LogP contribution in [0.25, 0.3) is 0 Å². The summed E-state index contributed by atoms with van der Waals surface area (Å²) in [4.78, 5) is 36.9. The van der Waals surface area contributed by atoms with Gasteiger partial charge in [0.2, 0.25) is 11.5 Å². The predicted molar refractivity (Wildman–Crippen MR) is 162 cm³/mol. The van der Waals surface area contributed by atoms with E-state index in [0.717, 1.165) is 18.4 Å². The van der Waals surface area contributed by atoms with E-state index in [1.807, 2.05) is 0 Å². The standard InChI is InChI=1S/C32H33F3N4O7/c1-18(38-46-30(2,3)29(41)42)20-12-21(14-23(13-20)43-4)37-27(19-6-9-26(44-5)36-16-19)28(40)39-17-31(10-11-31)24-8-7-22(15-25(24)39)45-32(33,34)35/h6-9,12-16,27,37H,10-11,17H2,1-5H3,(H,41,42). The minimum absolute atomic E-state index is 0.296. The number of alkyl halides is 3. The molecule has 1 atom stereocenters. The van der Waals surface area contributed by atoms with Gasteiger partial charge in [-0.3, -0.25) is 4.79 Å². The van der Waals surface area contributed by atoms with E-state index >= 15 is 0 Å². The molecule has 1 aromatic heterocycles. The number of carboxylic acids is 1. The number of halogens is 3. The van der Waals surface area contributed by atoms with Crippen LogP contribution in [0.2, 0.25) is 0 Å². The third-order valence-corrected chi connectivity index (χ3v) is 7.99. The number of carboxylic acid groups (broad SMARTS) is 1. The van der Waals surface area contributed by atoms with Crippen molar-refractivity contribution in [3.63, 3.8) is 0 Å². The van der Waals surface area contributed by atoms with Crippen LogP contribution >= 0.6 is 0 Å². The van der Waals surface area contributed by atoms with Crippen LogP contribution in [0.1, 0.15) is 56.3 Å². The fourth-order valence-electron chi connectivity index (χ4n) is 5.21. The van der Waals surface area contributed by atoms with Crippen LogP contribution in [0.5, 0.6) is 17.4 Å². The molecule has 2 aromatic carbocycles. The Morgan fingerprint density at radius 2 is 1.78 bits per heavy atom. The SMILES string of the molecule is COc1cc(NC(C(=O)N2CC3(CC3)c3ccc(OC(F)(F)F)cc32)c2ccc(OC)nc2)cc(C(C)=NOC(C)(C)C(=O)O)c1. The topological polar surface area (TPSA) is 132 Å². The highest BCUT2D eigenvalue weighted by Crippen LogP contribution is 2.57. The van der Waals surface area contributed by atoms with Crippen LogP contribution in [0.4, 0.5) is 24.5 Å². The van der Waals surface area contributed by atoms with Gasteiger partial charge in [0, 0.05) is 53.2 Å². The molecule has 11 nitrogen and oxygen atoms in total. The summed E-state index contributed by atoms with van der Waals surface area (Å²) in [6, 6.07) is 11.3. The van der Waals surface area contributed by atoms with Crippen molar-refractivity contribution in [3.8, 4) is 17.4 Å². The van der Waals surface area contributed by atoms with Gasteiger partial charge >= 0.3 is 12.3 Å². The number of anilines is 2. The highest BCUT2D eigenvalue weighted by molar-refractivity contribution is 6.03. The fraction of sp³-hybridized carbons (Fsp3) is 0.375. The number of aliphatic carboxylic acids is 1. The summed E-state index contributed by atoms with van der Waals surface area (Å²) in [5.74, 6) is -1.31. The van der Waals surface area contributed by atoms with Crippen molar-refractivity contribution in [2.75, 3.05) is 31.0 Å². The lowest BCUT2D eigenvalue weighted by Crippen LogP contribution is -2.38. The third kappa shape index (κ3) is 6.80. The number of nitrogens with zero attached hydrogens (tertiary/aromatic N) is 3. The van der Waals surface area contributed by atoms with Gasteiger partial charge in [0.25, 0.3) is 5.91 Å². The van der Waals surface area contributed by atoms with Crippen molar-refractivity contribution in [3.05, 3.63) is 71.4 Å². The molecule has 0 saturated heterocycles. The van der Waals surface area contributed by atoms with Crippen LogP contribution in [-0.4, -0.2) is 60.4 Å². The Hall–Kier alpha value is -5.01. The fourth-order valence-corrected chi connectivity index (χ4v) is 5.21. The van der Waals surface area contributed by atoms with Gasteiger partial charge in [-0.25, -0.2) is 9.78 Å². The molecule has 1 fully saturated rings. The molecule has 2 aliphatic rings. The smallest absolute Gasteiger partial charge is 0.497 e. The van der Waals surface area contributed by atoms with E-state index in [9.17, 15) is 27.9 Å². The number of nitrogens with one attached hydrogen (secondary N) is 1. The number of oxime groups is 1. The first-order valence-corrected chi connectivity index (χ1v) is 14.3. The van der Waals surface area contributed by atoms with E-state index in [1.165, 1.54) is 51.3 Å². The van der Waals surface area contributed by atoms with Crippen LogP contribution in [0.15, 0.2) is 59.9 Å². The average molecular weight is 643 g/mol. The summed E-state index contributed by atoms with van der Waals surface area (Å²) >= 11 is 0. The lowest BCUT2D eigenvalue weighted by molar-refractivity contribution is -0.274. The van der Waals surface area contributed by atoms with Crippen LogP contribution in [-0.2, 0) is 19.8 Å². The highest BCUT2D eigenvalue weighted by atomic mass is 19.4.